The van der Waals surface area contributed by atoms with Crippen molar-refractivity contribution in [3.8, 4) is 6.07 Å². The van der Waals surface area contributed by atoms with Crippen molar-refractivity contribution in [1.29, 1.82) is 5.26 Å². The molecule has 0 aromatic heterocycles. The first-order valence-electron chi connectivity index (χ1n) is 10.0. The van der Waals surface area contributed by atoms with Gasteiger partial charge in [0.1, 0.15) is 0 Å². The summed E-state index contributed by atoms with van der Waals surface area (Å²) in [5, 5.41) is 12.6. The molecule has 0 amide bonds. The molecule has 0 heterocycles. The summed E-state index contributed by atoms with van der Waals surface area (Å²) in [5.74, 6) is -0.0262. The number of nitriles is 1. The first kappa shape index (κ1) is 21.7. The summed E-state index contributed by atoms with van der Waals surface area (Å²) in [7, 11) is -1.71. The minimum absolute atomic E-state index is 0.0262. The van der Waals surface area contributed by atoms with Crippen LogP contribution in [0.5, 0.6) is 0 Å². The summed E-state index contributed by atoms with van der Waals surface area (Å²) in [4.78, 5) is 0. The Balaban J connectivity index is 2.05. The smallest absolute Gasteiger partial charge is 0.191 e. The maximum absolute atomic E-state index is 9.84. The van der Waals surface area contributed by atoms with Crippen LogP contribution in [0.2, 0.25) is 18.1 Å². The normalized spacial score (nSPS) is 14.1. The number of hydrogen-bond donors (Lipinski definition) is 0. The highest BCUT2D eigenvalue weighted by molar-refractivity contribution is 6.74. The van der Waals surface area contributed by atoms with Gasteiger partial charge in [-0.05, 0) is 47.3 Å². The molecule has 0 saturated carbocycles. The molecule has 0 bridgehead atoms. The van der Waals surface area contributed by atoms with Gasteiger partial charge in [0, 0.05) is 12.0 Å². The van der Waals surface area contributed by atoms with Crippen LogP contribution in [0.1, 0.15) is 53.0 Å². The van der Waals surface area contributed by atoms with E-state index in [-0.39, 0.29) is 16.4 Å². The van der Waals surface area contributed by atoms with Crippen LogP contribution in [0.4, 0.5) is 0 Å². The van der Waals surface area contributed by atoms with Gasteiger partial charge in [-0.15, -0.1) is 0 Å². The van der Waals surface area contributed by atoms with E-state index in [9.17, 15) is 5.26 Å². The topological polar surface area (TPSA) is 33.0 Å². The zero-order valence-electron chi connectivity index (χ0n) is 18.1. The van der Waals surface area contributed by atoms with Gasteiger partial charge in [-0.1, -0.05) is 77.1 Å². The molecule has 0 fully saturated rings. The van der Waals surface area contributed by atoms with Crippen LogP contribution in [0, 0.1) is 17.2 Å². The average molecular weight is 382 g/mol. The molecule has 1 atom stereocenters. The molecule has 0 N–H and O–H groups in total. The predicted octanol–water partition coefficient (Wildman–Crippen LogP) is 7.06. The Bertz CT molecular complexity index is 811. The van der Waals surface area contributed by atoms with Crippen LogP contribution >= 0.6 is 0 Å². The molecule has 0 aliphatic heterocycles. The first-order chi connectivity index (χ1) is 12.5. The minimum Gasteiger partial charge on any atom is -0.417 e. The largest absolute Gasteiger partial charge is 0.417 e. The molecule has 146 valence electrons. The fourth-order valence-electron chi connectivity index (χ4n) is 3.21. The van der Waals surface area contributed by atoms with Crippen molar-refractivity contribution in [3.05, 3.63) is 48.0 Å². The van der Waals surface area contributed by atoms with Gasteiger partial charge in [-0.25, -0.2) is 0 Å². The van der Waals surface area contributed by atoms with E-state index in [1.807, 2.05) is 0 Å². The summed E-state index contributed by atoms with van der Waals surface area (Å²) < 4.78 is 6.29. The zero-order valence-corrected chi connectivity index (χ0v) is 19.1. The van der Waals surface area contributed by atoms with Gasteiger partial charge >= 0.3 is 0 Å². The standard InChI is InChI=1S/C24H35NOSi/c1-23(2,3)27(6,7)26-16-10-13-22(18-25)24(4,5)21-15-14-19-11-8-9-12-20(19)17-21/h8-9,11-12,14-15,17,22H,10,13,16H2,1-7H3. The SMILES string of the molecule is CC(C)(c1ccc2ccccc2c1)C(C#N)CCCO[Si](C)(C)C(C)(C)C. The lowest BCUT2D eigenvalue weighted by atomic mass is 9.72. The quantitative estimate of drug-likeness (QED) is 0.380. The predicted molar refractivity (Wildman–Crippen MR) is 118 cm³/mol. The molecular formula is C24H35NOSi. The van der Waals surface area contributed by atoms with Gasteiger partial charge in [0.2, 0.25) is 0 Å². The molecule has 0 radical (unpaired) electrons. The minimum atomic E-state index is -1.71. The third-order valence-corrected chi connectivity index (χ3v) is 11.0. The fraction of sp³-hybridized carbons (Fsp3) is 0.542. The van der Waals surface area contributed by atoms with Gasteiger partial charge in [0.15, 0.2) is 8.32 Å². The van der Waals surface area contributed by atoms with Crippen molar-refractivity contribution in [1.82, 2.24) is 0 Å². The molecule has 2 aromatic carbocycles. The van der Waals surface area contributed by atoms with Crippen molar-refractivity contribution >= 4 is 19.1 Å². The van der Waals surface area contributed by atoms with Crippen molar-refractivity contribution in [3.63, 3.8) is 0 Å². The van der Waals surface area contributed by atoms with E-state index < -0.39 is 8.32 Å². The summed E-state index contributed by atoms with van der Waals surface area (Å²) in [6, 6.07) is 17.6. The Morgan fingerprint density at radius 3 is 2.22 bits per heavy atom. The Kier molecular flexibility index (Phi) is 6.55. The molecule has 3 heteroatoms. The maximum atomic E-state index is 9.84. The fourth-order valence-corrected chi connectivity index (χ4v) is 4.30. The molecule has 2 aromatic rings. The maximum Gasteiger partial charge on any atom is 0.191 e. The lowest BCUT2D eigenvalue weighted by Gasteiger charge is -2.36. The Labute approximate surface area is 166 Å². The molecular weight excluding hydrogens is 346 g/mol. The van der Waals surface area contributed by atoms with Crippen molar-refractivity contribution in [2.45, 2.75) is 71.0 Å². The van der Waals surface area contributed by atoms with E-state index in [1.54, 1.807) is 0 Å². The molecule has 2 nitrogen and oxygen atoms in total. The highest BCUT2D eigenvalue weighted by Gasteiger charge is 2.37. The molecule has 0 saturated heterocycles. The van der Waals surface area contributed by atoms with Crippen LogP contribution in [0.3, 0.4) is 0 Å². The van der Waals surface area contributed by atoms with Gasteiger partial charge in [-0.2, -0.15) is 5.26 Å². The van der Waals surface area contributed by atoms with Gasteiger partial charge in [-0.3, -0.25) is 0 Å². The lowest BCUT2D eigenvalue weighted by molar-refractivity contribution is 0.259. The number of rotatable bonds is 7. The lowest BCUT2D eigenvalue weighted by Crippen LogP contribution is -2.41. The molecule has 0 aliphatic rings. The highest BCUT2D eigenvalue weighted by atomic mass is 28.4. The Hall–Kier alpha value is -1.63. The Morgan fingerprint density at radius 2 is 1.63 bits per heavy atom. The van der Waals surface area contributed by atoms with E-state index in [4.69, 9.17) is 4.43 Å². The van der Waals surface area contributed by atoms with E-state index in [0.29, 0.717) is 0 Å². The van der Waals surface area contributed by atoms with Crippen LogP contribution in [-0.2, 0) is 9.84 Å². The van der Waals surface area contributed by atoms with E-state index in [2.05, 4.69) is 96.2 Å². The van der Waals surface area contributed by atoms with Crippen LogP contribution < -0.4 is 0 Å². The summed E-state index contributed by atoms with van der Waals surface area (Å²) >= 11 is 0. The third kappa shape index (κ3) is 5.00. The second kappa shape index (κ2) is 8.16. The molecule has 27 heavy (non-hydrogen) atoms. The van der Waals surface area contributed by atoms with Crippen molar-refractivity contribution in [2.75, 3.05) is 6.61 Å². The molecule has 1 unspecified atom stereocenters. The highest BCUT2D eigenvalue weighted by Crippen LogP contribution is 2.38. The molecule has 2 rings (SSSR count). The number of hydrogen-bond acceptors (Lipinski definition) is 2. The van der Waals surface area contributed by atoms with E-state index in [1.165, 1.54) is 16.3 Å². The monoisotopic (exact) mass is 381 g/mol. The summed E-state index contributed by atoms with van der Waals surface area (Å²) in [6.45, 7) is 16.5. The van der Waals surface area contributed by atoms with Crippen LogP contribution in [0.15, 0.2) is 42.5 Å². The van der Waals surface area contributed by atoms with Crippen LogP contribution in [0.25, 0.3) is 10.8 Å². The average Bonchev–Trinajstić information content (AvgIpc) is 2.60. The van der Waals surface area contributed by atoms with Gasteiger partial charge in [0.05, 0.1) is 12.0 Å². The van der Waals surface area contributed by atoms with Gasteiger partial charge < -0.3 is 4.43 Å². The number of fused-ring (bicyclic) bond motifs is 1. The third-order valence-electron chi connectivity index (χ3n) is 6.43. The van der Waals surface area contributed by atoms with Crippen molar-refractivity contribution in [2.24, 2.45) is 5.92 Å². The summed E-state index contributed by atoms with van der Waals surface area (Å²) in [6.07, 6.45) is 1.80. The van der Waals surface area contributed by atoms with Crippen LogP contribution in [-0.4, -0.2) is 14.9 Å². The Morgan fingerprint density at radius 1 is 1.00 bits per heavy atom. The van der Waals surface area contributed by atoms with Crippen molar-refractivity contribution < 1.29 is 4.43 Å². The number of nitrogens with zero attached hydrogens (tertiary/aromatic N) is 1. The molecule has 0 spiro atoms. The molecule has 0 aliphatic carbocycles. The van der Waals surface area contributed by atoms with Gasteiger partial charge in [0.25, 0.3) is 0 Å². The first-order valence-corrected chi connectivity index (χ1v) is 12.9. The summed E-state index contributed by atoms with van der Waals surface area (Å²) in [5.41, 5.74) is 1.05. The number of benzene rings is 2. The zero-order chi connectivity index (χ0) is 20.3. The van der Waals surface area contributed by atoms with E-state index >= 15 is 0 Å². The van der Waals surface area contributed by atoms with E-state index in [0.717, 1.165) is 19.4 Å². The second-order valence-corrected chi connectivity index (χ2v) is 14.5. The second-order valence-electron chi connectivity index (χ2n) is 9.72.